The van der Waals surface area contributed by atoms with Crippen LogP contribution in [0.3, 0.4) is 0 Å². The Kier molecular flexibility index (Phi) is 3.53. The van der Waals surface area contributed by atoms with E-state index in [2.05, 4.69) is 15.9 Å². The van der Waals surface area contributed by atoms with Crippen molar-refractivity contribution in [1.29, 1.82) is 0 Å². The Morgan fingerprint density at radius 1 is 1.56 bits per heavy atom. The third-order valence-electron chi connectivity index (χ3n) is 1.63. The highest BCUT2D eigenvalue weighted by molar-refractivity contribution is 9.10. The molecule has 1 amide bonds. The van der Waals surface area contributed by atoms with E-state index in [-0.39, 0.29) is 0 Å². The van der Waals surface area contributed by atoms with Crippen molar-refractivity contribution in [3.05, 3.63) is 32.3 Å². The molecule has 0 aliphatic carbocycles. The summed E-state index contributed by atoms with van der Waals surface area (Å²) in [6.07, 6.45) is 0. The number of hydrogen-bond acceptors (Lipinski definition) is 3. The predicted molar refractivity (Wildman–Crippen MR) is 55.0 cm³/mol. The summed E-state index contributed by atoms with van der Waals surface area (Å²) in [5.41, 5.74) is -1.50. The molecule has 0 saturated carbocycles. The van der Waals surface area contributed by atoms with E-state index < -0.39 is 38.3 Å². The van der Waals surface area contributed by atoms with Crippen molar-refractivity contribution in [3.8, 4) is 0 Å². The van der Waals surface area contributed by atoms with Gasteiger partial charge >= 0.3 is 5.69 Å². The molecule has 0 radical (unpaired) electrons. The first-order chi connectivity index (χ1) is 7.34. The number of carbonyl (C=O) groups is 1. The highest BCUT2D eigenvalue weighted by Gasteiger charge is 2.26. The summed E-state index contributed by atoms with van der Waals surface area (Å²) < 4.78 is 25.8. The maximum atomic E-state index is 13.3. The molecule has 1 rings (SSSR count). The number of hydrogen-bond donors (Lipinski definition) is 1. The van der Waals surface area contributed by atoms with Crippen molar-refractivity contribution in [2.45, 2.75) is 6.92 Å². The first kappa shape index (κ1) is 12.5. The van der Waals surface area contributed by atoms with Crippen LogP contribution in [0.4, 0.5) is 20.2 Å². The lowest BCUT2D eigenvalue weighted by Gasteiger charge is -2.06. The highest BCUT2D eigenvalue weighted by Crippen LogP contribution is 2.34. The Morgan fingerprint density at radius 3 is 2.56 bits per heavy atom. The lowest BCUT2D eigenvalue weighted by atomic mass is 10.2. The van der Waals surface area contributed by atoms with Gasteiger partial charge in [-0.25, -0.2) is 4.39 Å². The lowest BCUT2D eigenvalue weighted by molar-refractivity contribution is -0.386. The number of benzene rings is 1. The summed E-state index contributed by atoms with van der Waals surface area (Å²) in [4.78, 5) is 20.2. The van der Waals surface area contributed by atoms with E-state index in [1.807, 2.05) is 5.32 Å². The Balaban J connectivity index is 3.46. The lowest BCUT2D eigenvalue weighted by Crippen LogP contribution is -2.10. The van der Waals surface area contributed by atoms with E-state index in [4.69, 9.17) is 0 Å². The third-order valence-corrected chi connectivity index (χ3v) is 2.36. The highest BCUT2D eigenvalue weighted by atomic mass is 79.9. The summed E-state index contributed by atoms with van der Waals surface area (Å²) >= 11 is 2.53. The zero-order valence-corrected chi connectivity index (χ0v) is 9.47. The van der Waals surface area contributed by atoms with E-state index in [0.717, 1.165) is 6.92 Å². The maximum absolute atomic E-state index is 13.3. The smallest absolute Gasteiger partial charge is 0.320 e. The number of carbonyl (C=O) groups excluding carboxylic acids is 1. The van der Waals surface area contributed by atoms with Gasteiger partial charge in [-0.15, -0.1) is 0 Å². The van der Waals surface area contributed by atoms with Crippen molar-refractivity contribution < 1.29 is 18.5 Å². The van der Waals surface area contributed by atoms with Gasteiger partial charge in [-0.05, 0) is 15.9 Å². The fourth-order valence-electron chi connectivity index (χ4n) is 1.05. The minimum Gasteiger partial charge on any atom is -0.320 e. The summed E-state index contributed by atoms with van der Waals surface area (Å²) in [6, 6.07) is 0.673. The van der Waals surface area contributed by atoms with Crippen LogP contribution >= 0.6 is 15.9 Å². The molecule has 86 valence electrons. The topological polar surface area (TPSA) is 72.2 Å². The second-order valence-electron chi connectivity index (χ2n) is 2.82. The van der Waals surface area contributed by atoms with E-state index in [9.17, 15) is 23.7 Å². The standard InChI is InChI=1S/C8H5BrF2N2O3/c1-3(14)12-5-2-4(10)6(9)7(11)8(5)13(15)16/h2H,1H3,(H,12,14). The van der Waals surface area contributed by atoms with Crippen molar-refractivity contribution in [2.75, 3.05) is 5.32 Å². The summed E-state index contributed by atoms with van der Waals surface area (Å²) in [5, 5.41) is 12.5. The number of halogens is 3. The molecule has 0 aromatic heterocycles. The molecule has 1 aromatic carbocycles. The van der Waals surface area contributed by atoms with Crippen LogP contribution in [0, 0.1) is 21.7 Å². The van der Waals surface area contributed by atoms with Crippen molar-refractivity contribution in [3.63, 3.8) is 0 Å². The van der Waals surface area contributed by atoms with E-state index >= 15 is 0 Å². The number of nitro groups is 1. The SMILES string of the molecule is CC(=O)Nc1cc(F)c(Br)c(F)c1[N+](=O)[O-]. The van der Waals surface area contributed by atoms with Crippen LogP contribution in [0.2, 0.25) is 0 Å². The number of nitrogens with one attached hydrogen (secondary N) is 1. The average Bonchev–Trinajstić information content (AvgIpc) is 2.12. The molecule has 5 nitrogen and oxygen atoms in total. The minimum absolute atomic E-state index is 0.518. The second-order valence-corrected chi connectivity index (χ2v) is 3.61. The maximum Gasteiger partial charge on any atom is 0.329 e. The number of amides is 1. The molecule has 1 N–H and O–H groups in total. The van der Waals surface area contributed by atoms with Crippen LogP contribution in [-0.2, 0) is 4.79 Å². The molecule has 0 saturated heterocycles. The normalized spacial score (nSPS) is 10.0. The van der Waals surface area contributed by atoms with Gasteiger partial charge in [-0.1, -0.05) is 0 Å². The van der Waals surface area contributed by atoms with Gasteiger partial charge in [-0.2, -0.15) is 4.39 Å². The molecule has 0 unspecified atom stereocenters. The second kappa shape index (κ2) is 4.52. The van der Waals surface area contributed by atoms with Gasteiger partial charge in [0.15, 0.2) is 0 Å². The van der Waals surface area contributed by atoms with E-state index in [1.54, 1.807) is 0 Å². The van der Waals surface area contributed by atoms with E-state index in [0.29, 0.717) is 6.07 Å². The summed E-state index contributed by atoms with van der Waals surface area (Å²) in [5.74, 6) is -3.06. The summed E-state index contributed by atoms with van der Waals surface area (Å²) in [6.45, 7) is 1.07. The third kappa shape index (κ3) is 2.32. The van der Waals surface area contributed by atoms with Gasteiger partial charge in [0, 0.05) is 13.0 Å². The predicted octanol–water partition coefficient (Wildman–Crippen LogP) is 2.59. The molecule has 0 aliphatic heterocycles. The van der Waals surface area contributed by atoms with Gasteiger partial charge in [-0.3, -0.25) is 14.9 Å². The van der Waals surface area contributed by atoms with Gasteiger partial charge in [0.1, 0.15) is 11.5 Å². The molecule has 8 heteroatoms. The van der Waals surface area contributed by atoms with Crippen LogP contribution in [0.5, 0.6) is 0 Å². The molecule has 0 atom stereocenters. The minimum atomic E-state index is -1.37. The first-order valence-corrected chi connectivity index (χ1v) is 4.73. The van der Waals surface area contributed by atoms with Crippen molar-refractivity contribution >= 4 is 33.2 Å². The Morgan fingerprint density at radius 2 is 2.12 bits per heavy atom. The van der Waals surface area contributed by atoms with Crippen LogP contribution < -0.4 is 5.32 Å². The van der Waals surface area contributed by atoms with Crippen LogP contribution in [0.25, 0.3) is 0 Å². The van der Waals surface area contributed by atoms with Gasteiger partial charge in [0.2, 0.25) is 11.7 Å². The molecule has 16 heavy (non-hydrogen) atoms. The Hall–Kier alpha value is -1.57. The molecule has 0 heterocycles. The molecular formula is C8H5BrF2N2O3. The van der Waals surface area contributed by atoms with E-state index in [1.165, 1.54) is 0 Å². The van der Waals surface area contributed by atoms with Crippen LogP contribution in [-0.4, -0.2) is 10.8 Å². The zero-order chi connectivity index (χ0) is 12.5. The average molecular weight is 295 g/mol. The molecule has 1 aromatic rings. The zero-order valence-electron chi connectivity index (χ0n) is 7.88. The molecule has 0 aliphatic rings. The van der Waals surface area contributed by atoms with Crippen LogP contribution in [0.15, 0.2) is 10.5 Å². The van der Waals surface area contributed by atoms with Crippen molar-refractivity contribution in [1.82, 2.24) is 0 Å². The number of anilines is 1. The number of rotatable bonds is 2. The molecular weight excluding hydrogens is 290 g/mol. The monoisotopic (exact) mass is 294 g/mol. The summed E-state index contributed by atoms with van der Waals surface area (Å²) in [7, 11) is 0. The van der Waals surface area contributed by atoms with Crippen LogP contribution in [0.1, 0.15) is 6.92 Å². The molecule has 0 bridgehead atoms. The van der Waals surface area contributed by atoms with Gasteiger partial charge < -0.3 is 5.32 Å². The quantitative estimate of drug-likeness (QED) is 0.518. The number of nitrogens with zero attached hydrogens (tertiary/aromatic N) is 1. The molecule has 0 spiro atoms. The number of nitro benzene ring substituents is 1. The Bertz CT molecular complexity index is 479. The fourth-order valence-corrected chi connectivity index (χ4v) is 1.35. The Labute approximate surface area is 96.7 Å². The molecule has 0 fully saturated rings. The fraction of sp³-hybridized carbons (Fsp3) is 0.125. The van der Waals surface area contributed by atoms with Crippen molar-refractivity contribution in [2.24, 2.45) is 0 Å². The van der Waals surface area contributed by atoms with Gasteiger partial charge in [0.25, 0.3) is 0 Å². The first-order valence-electron chi connectivity index (χ1n) is 3.94. The largest absolute Gasteiger partial charge is 0.329 e. The van der Waals surface area contributed by atoms with Gasteiger partial charge in [0.05, 0.1) is 9.40 Å².